The van der Waals surface area contributed by atoms with Crippen LogP contribution in [0.5, 0.6) is 0 Å². The molecule has 1 aromatic carbocycles. The van der Waals surface area contributed by atoms with Gasteiger partial charge in [0.15, 0.2) is 0 Å². The molecule has 2 nitrogen and oxygen atoms in total. The molecular formula is C14H18N2. The highest BCUT2D eigenvalue weighted by molar-refractivity contribution is 5.91. The molecule has 1 aliphatic rings. The highest BCUT2D eigenvalue weighted by atomic mass is 15.4. The number of hydrogen-bond donors (Lipinski definition) is 0. The molecule has 0 saturated heterocycles. The van der Waals surface area contributed by atoms with Crippen molar-refractivity contribution in [1.82, 2.24) is 5.01 Å². The van der Waals surface area contributed by atoms with Crippen LogP contribution in [0.3, 0.4) is 0 Å². The fourth-order valence-electron chi connectivity index (χ4n) is 1.82. The molecule has 1 aromatic rings. The molecule has 0 atom stereocenters. The lowest BCUT2D eigenvalue weighted by molar-refractivity contribution is 0.421. The Hall–Kier alpha value is -1.57. The Morgan fingerprint density at radius 2 is 1.94 bits per heavy atom. The molecule has 0 amide bonds. The summed E-state index contributed by atoms with van der Waals surface area (Å²) in [6.07, 6.45) is 9.79. The lowest BCUT2D eigenvalue weighted by Gasteiger charge is -2.12. The fraction of sp³-hybridized carbons (Fsp3) is 0.357. The monoisotopic (exact) mass is 214 g/mol. The maximum Gasteiger partial charge on any atom is 0.0480 e. The molecule has 0 aliphatic carbocycles. The fourth-order valence-corrected chi connectivity index (χ4v) is 1.82. The van der Waals surface area contributed by atoms with Crippen molar-refractivity contribution in [3.8, 4) is 0 Å². The zero-order chi connectivity index (χ0) is 11.2. The second kappa shape index (κ2) is 5.50. The molecule has 0 saturated carbocycles. The summed E-state index contributed by atoms with van der Waals surface area (Å²) in [5.74, 6) is 0. The Morgan fingerprint density at radius 3 is 2.75 bits per heavy atom. The van der Waals surface area contributed by atoms with Gasteiger partial charge in [-0.2, -0.15) is 5.10 Å². The van der Waals surface area contributed by atoms with E-state index in [4.69, 9.17) is 0 Å². The Bertz CT molecular complexity index is 474. The van der Waals surface area contributed by atoms with E-state index >= 15 is 0 Å². The summed E-state index contributed by atoms with van der Waals surface area (Å²) in [5.41, 5.74) is 0. The van der Waals surface area contributed by atoms with Crippen molar-refractivity contribution in [2.24, 2.45) is 5.10 Å². The molecule has 1 heterocycles. The van der Waals surface area contributed by atoms with E-state index in [0.717, 1.165) is 6.54 Å². The molecule has 2 rings (SSSR count). The van der Waals surface area contributed by atoms with Gasteiger partial charge >= 0.3 is 0 Å². The van der Waals surface area contributed by atoms with Gasteiger partial charge < -0.3 is 0 Å². The molecule has 16 heavy (non-hydrogen) atoms. The van der Waals surface area contributed by atoms with Crippen molar-refractivity contribution >= 4 is 18.5 Å². The molecule has 1 aliphatic heterocycles. The van der Waals surface area contributed by atoms with Crippen LogP contribution in [-0.2, 0) is 0 Å². The van der Waals surface area contributed by atoms with Gasteiger partial charge in [0.05, 0.1) is 0 Å². The van der Waals surface area contributed by atoms with Gasteiger partial charge in [0.25, 0.3) is 0 Å². The second-order valence-electron chi connectivity index (χ2n) is 4.06. The minimum Gasteiger partial charge on any atom is -0.272 e. The quantitative estimate of drug-likeness (QED) is 0.696. The molecule has 0 N–H and O–H groups in total. The van der Waals surface area contributed by atoms with Crippen molar-refractivity contribution < 1.29 is 0 Å². The summed E-state index contributed by atoms with van der Waals surface area (Å²) >= 11 is 0. The summed E-state index contributed by atoms with van der Waals surface area (Å²) < 4.78 is 0. The maximum absolute atomic E-state index is 4.41. The van der Waals surface area contributed by atoms with Crippen molar-refractivity contribution in [3.63, 3.8) is 0 Å². The molecule has 0 aromatic heterocycles. The van der Waals surface area contributed by atoms with Crippen LogP contribution in [0.4, 0.5) is 0 Å². The van der Waals surface area contributed by atoms with Gasteiger partial charge in [-0.15, -0.1) is 0 Å². The first-order valence-corrected chi connectivity index (χ1v) is 5.98. The Kier molecular flexibility index (Phi) is 3.76. The number of benzene rings is 1. The summed E-state index contributed by atoms with van der Waals surface area (Å²) in [6, 6.07) is 8.38. The highest BCUT2D eigenvalue weighted by Crippen LogP contribution is 1.99. The second-order valence-corrected chi connectivity index (χ2v) is 4.06. The number of nitrogens with zero attached hydrogens (tertiary/aromatic N) is 2. The molecule has 0 fully saturated rings. The third-order valence-corrected chi connectivity index (χ3v) is 2.74. The number of hydrazone groups is 1. The van der Waals surface area contributed by atoms with Crippen LogP contribution < -0.4 is 10.4 Å². The Balaban J connectivity index is 2.17. The zero-order valence-corrected chi connectivity index (χ0v) is 9.76. The lowest BCUT2D eigenvalue weighted by Crippen LogP contribution is -2.26. The van der Waals surface area contributed by atoms with Crippen molar-refractivity contribution in [1.29, 1.82) is 0 Å². The minimum absolute atomic E-state index is 1.01. The number of unbranched alkanes of at least 4 members (excludes halogenated alkanes) is 2. The Labute approximate surface area is 96.6 Å². The predicted octanol–water partition coefficient (Wildman–Crippen LogP) is 1.70. The third kappa shape index (κ3) is 2.72. The minimum atomic E-state index is 1.01. The lowest BCUT2D eigenvalue weighted by atomic mass is 10.2. The molecule has 0 bridgehead atoms. The van der Waals surface area contributed by atoms with Gasteiger partial charge in [0, 0.05) is 19.0 Å². The van der Waals surface area contributed by atoms with E-state index in [9.17, 15) is 0 Å². The average Bonchev–Trinajstić information content (AvgIpc) is 2.51. The number of rotatable bonds is 4. The van der Waals surface area contributed by atoms with Crippen LogP contribution in [0, 0.1) is 0 Å². The van der Waals surface area contributed by atoms with Gasteiger partial charge in [-0.25, -0.2) is 0 Å². The van der Waals surface area contributed by atoms with Gasteiger partial charge in [0.1, 0.15) is 0 Å². The normalized spacial score (nSPS) is 13.7. The molecule has 84 valence electrons. The smallest absolute Gasteiger partial charge is 0.0480 e. The van der Waals surface area contributed by atoms with Crippen LogP contribution in [-0.4, -0.2) is 17.8 Å². The number of fused-ring (bicyclic) bond motifs is 1. The van der Waals surface area contributed by atoms with E-state index in [1.54, 1.807) is 0 Å². The van der Waals surface area contributed by atoms with Crippen LogP contribution in [0.1, 0.15) is 26.2 Å². The molecular weight excluding hydrogens is 196 g/mol. The molecule has 2 heteroatoms. The van der Waals surface area contributed by atoms with Crippen LogP contribution in [0.15, 0.2) is 29.4 Å². The van der Waals surface area contributed by atoms with Gasteiger partial charge in [-0.1, -0.05) is 44.0 Å². The van der Waals surface area contributed by atoms with E-state index in [0.29, 0.717) is 0 Å². The predicted molar refractivity (Wildman–Crippen MR) is 69.3 cm³/mol. The van der Waals surface area contributed by atoms with E-state index < -0.39 is 0 Å². The van der Waals surface area contributed by atoms with E-state index in [-0.39, 0.29) is 0 Å². The molecule has 0 radical (unpaired) electrons. The number of hydrogen-bond acceptors (Lipinski definition) is 2. The highest BCUT2D eigenvalue weighted by Gasteiger charge is 1.98. The van der Waals surface area contributed by atoms with Crippen LogP contribution in [0.25, 0.3) is 12.3 Å². The molecule has 0 unspecified atom stereocenters. The summed E-state index contributed by atoms with van der Waals surface area (Å²) in [4.78, 5) is 0. The maximum atomic E-state index is 4.41. The first-order valence-electron chi connectivity index (χ1n) is 5.98. The SMILES string of the molecule is CCCCCN1C=c2ccccc2=CC=N1. The van der Waals surface area contributed by atoms with Gasteiger partial charge in [-0.3, -0.25) is 5.01 Å². The standard InChI is InChI=1S/C14H18N2/c1-2-3-6-11-16-12-14-8-5-4-7-13(14)9-10-15-16/h4-5,7-10,12H,2-3,6,11H2,1H3. The van der Waals surface area contributed by atoms with E-state index in [1.165, 1.54) is 29.7 Å². The topological polar surface area (TPSA) is 15.6 Å². The first kappa shape index (κ1) is 10.9. The largest absolute Gasteiger partial charge is 0.272 e. The summed E-state index contributed by atoms with van der Waals surface area (Å²) in [7, 11) is 0. The first-order chi connectivity index (χ1) is 7.90. The van der Waals surface area contributed by atoms with Crippen molar-refractivity contribution in [2.75, 3.05) is 6.54 Å². The van der Waals surface area contributed by atoms with Crippen molar-refractivity contribution in [3.05, 3.63) is 34.7 Å². The Morgan fingerprint density at radius 1 is 1.12 bits per heavy atom. The van der Waals surface area contributed by atoms with Crippen LogP contribution >= 0.6 is 0 Å². The van der Waals surface area contributed by atoms with E-state index in [1.807, 2.05) is 11.2 Å². The van der Waals surface area contributed by atoms with E-state index in [2.05, 4.69) is 48.6 Å². The van der Waals surface area contributed by atoms with Crippen LogP contribution in [0.2, 0.25) is 0 Å². The van der Waals surface area contributed by atoms with Gasteiger partial charge in [-0.05, 0) is 22.9 Å². The average molecular weight is 214 g/mol. The van der Waals surface area contributed by atoms with Crippen molar-refractivity contribution in [2.45, 2.75) is 26.2 Å². The third-order valence-electron chi connectivity index (χ3n) is 2.74. The summed E-state index contributed by atoms with van der Waals surface area (Å²) in [6.45, 7) is 3.23. The zero-order valence-electron chi connectivity index (χ0n) is 9.76. The summed E-state index contributed by atoms with van der Waals surface area (Å²) in [5, 5.41) is 8.93. The molecule has 0 spiro atoms. The van der Waals surface area contributed by atoms with Gasteiger partial charge in [0.2, 0.25) is 0 Å².